The van der Waals surface area contributed by atoms with Crippen LogP contribution in [-0.2, 0) is 4.74 Å². The molecular formula is C19H28O5. The first-order valence-corrected chi connectivity index (χ1v) is 9.22. The molecule has 0 aromatic carbocycles. The number of aliphatic hydroxyl groups excluding tert-OH is 3. The van der Waals surface area contributed by atoms with Crippen LogP contribution in [0.15, 0.2) is 23.0 Å². The van der Waals surface area contributed by atoms with Gasteiger partial charge in [-0.3, -0.25) is 0 Å². The molecule has 1 aliphatic heterocycles. The summed E-state index contributed by atoms with van der Waals surface area (Å²) >= 11 is 0. The largest absolute Gasteiger partial charge is 0.472 e. The Labute approximate surface area is 142 Å². The highest BCUT2D eigenvalue weighted by Crippen LogP contribution is 2.61. The van der Waals surface area contributed by atoms with E-state index in [-0.39, 0.29) is 17.3 Å². The highest BCUT2D eigenvalue weighted by atomic mass is 16.6. The van der Waals surface area contributed by atoms with Crippen molar-refractivity contribution in [3.8, 4) is 0 Å². The van der Waals surface area contributed by atoms with Gasteiger partial charge in [0.15, 0.2) is 6.29 Å². The summed E-state index contributed by atoms with van der Waals surface area (Å²) in [6.07, 6.45) is 5.86. The molecule has 1 saturated heterocycles. The monoisotopic (exact) mass is 336 g/mol. The number of aliphatic hydroxyl groups is 3. The van der Waals surface area contributed by atoms with Gasteiger partial charge in [0, 0.05) is 16.9 Å². The van der Waals surface area contributed by atoms with Gasteiger partial charge < -0.3 is 24.5 Å². The molecule has 0 unspecified atom stereocenters. The Morgan fingerprint density at radius 3 is 2.83 bits per heavy atom. The van der Waals surface area contributed by atoms with Crippen LogP contribution in [0.3, 0.4) is 0 Å². The minimum absolute atomic E-state index is 0.0207. The van der Waals surface area contributed by atoms with E-state index in [1.807, 2.05) is 6.07 Å². The predicted octanol–water partition coefficient (Wildman–Crippen LogP) is 2.47. The van der Waals surface area contributed by atoms with Gasteiger partial charge in [0.2, 0.25) is 0 Å². The second-order valence-corrected chi connectivity index (χ2v) is 8.16. The van der Waals surface area contributed by atoms with Crippen LogP contribution < -0.4 is 0 Å². The molecule has 24 heavy (non-hydrogen) atoms. The van der Waals surface area contributed by atoms with E-state index in [0.29, 0.717) is 31.3 Å². The Balaban J connectivity index is 1.62. The molecule has 1 spiro atoms. The maximum Gasteiger partial charge on any atom is 0.158 e. The third kappa shape index (κ3) is 2.37. The smallest absolute Gasteiger partial charge is 0.158 e. The molecule has 2 aliphatic carbocycles. The Kier molecular flexibility index (Phi) is 4.23. The highest BCUT2D eigenvalue weighted by molar-refractivity contribution is 5.13. The standard InChI is InChI=1S/C19H28O5/c1-11-7-17(21)19-10-24-18(22)15(19)4-2-3-14(19)13(11)8-16(20)12-5-6-23-9-12/h5-6,9,11,13-18,20-22H,2-4,7-8,10H2,1H3/t11-,13+,14-,15+,16+,17+,18-,19-/m1/s1. The lowest BCUT2D eigenvalue weighted by Gasteiger charge is -2.56. The Hall–Kier alpha value is -0.880. The van der Waals surface area contributed by atoms with Crippen molar-refractivity contribution < 1.29 is 24.5 Å². The third-order valence-corrected chi connectivity index (χ3v) is 7.15. The SMILES string of the molecule is C[C@@H]1C[C@H](O)[C@@]23CO[C@@H](O)[C@@H]2CCC[C@@H]3[C@H]1C[C@H](O)c1ccoc1. The van der Waals surface area contributed by atoms with Gasteiger partial charge in [0.25, 0.3) is 0 Å². The minimum atomic E-state index is -0.754. The van der Waals surface area contributed by atoms with E-state index in [0.717, 1.165) is 24.8 Å². The van der Waals surface area contributed by atoms with E-state index in [1.54, 1.807) is 12.5 Å². The number of rotatable bonds is 3. The second kappa shape index (κ2) is 6.13. The molecule has 4 rings (SSSR count). The minimum Gasteiger partial charge on any atom is -0.472 e. The number of furan rings is 1. The van der Waals surface area contributed by atoms with Gasteiger partial charge in [0.1, 0.15) is 0 Å². The summed E-state index contributed by atoms with van der Waals surface area (Å²) < 4.78 is 10.7. The fourth-order valence-corrected chi connectivity index (χ4v) is 5.94. The molecule has 2 saturated carbocycles. The van der Waals surface area contributed by atoms with Crippen molar-refractivity contribution in [2.24, 2.45) is 29.1 Å². The lowest BCUT2D eigenvalue weighted by atomic mass is 9.48. The summed E-state index contributed by atoms with van der Waals surface area (Å²) in [7, 11) is 0. The molecule has 0 bridgehead atoms. The molecule has 134 valence electrons. The van der Waals surface area contributed by atoms with Crippen LogP contribution in [0.5, 0.6) is 0 Å². The van der Waals surface area contributed by atoms with E-state index in [1.165, 1.54) is 0 Å². The molecule has 1 aromatic rings. The van der Waals surface area contributed by atoms with Crippen LogP contribution in [0.25, 0.3) is 0 Å². The van der Waals surface area contributed by atoms with Crippen LogP contribution in [0, 0.1) is 29.1 Å². The average molecular weight is 336 g/mol. The summed E-state index contributed by atoms with van der Waals surface area (Å²) in [4.78, 5) is 0. The maximum absolute atomic E-state index is 10.9. The predicted molar refractivity (Wildman–Crippen MR) is 86.8 cm³/mol. The zero-order valence-corrected chi connectivity index (χ0v) is 14.2. The van der Waals surface area contributed by atoms with Crippen molar-refractivity contribution in [1.29, 1.82) is 0 Å². The molecule has 3 N–H and O–H groups in total. The molecular weight excluding hydrogens is 308 g/mol. The molecule has 0 amide bonds. The van der Waals surface area contributed by atoms with E-state index in [4.69, 9.17) is 9.15 Å². The van der Waals surface area contributed by atoms with Gasteiger partial charge in [-0.05, 0) is 49.5 Å². The van der Waals surface area contributed by atoms with Gasteiger partial charge in [-0.1, -0.05) is 13.3 Å². The second-order valence-electron chi connectivity index (χ2n) is 8.16. The lowest BCUT2D eigenvalue weighted by Crippen LogP contribution is -2.58. The maximum atomic E-state index is 10.9. The normalized spacial score (nSPS) is 46.3. The first-order chi connectivity index (χ1) is 11.5. The van der Waals surface area contributed by atoms with E-state index >= 15 is 0 Å². The molecule has 5 heteroatoms. The first kappa shape index (κ1) is 16.6. The third-order valence-electron chi connectivity index (χ3n) is 7.15. The highest BCUT2D eigenvalue weighted by Gasteiger charge is 2.63. The number of ether oxygens (including phenoxy) is 1. The zero-order valence-electron chi connectivity index (χ0n) is 14.2. The van der Waals surface area contributed by atoms with Crippen molar-refractivity contribution in [3.63, 3.8) is 0 Å². The van der Waals surface area contributed by atoms with Crippen LogP contribution in [0.2, 0.25) is 0 Å². The van der Waals surface area contributed by atoms with Crippen molar-refractivity contribution in [3.05, 3.63) is 24.2 Å². The first-order valence-electron chi connectivity index (χ1n) is 9.22. The summed E-state index contributed by atoms with van der Waals surface area (Å²) in [5.74, 6) is 0.963. The average Bonchev–Trinajstić information content (AvgIpc) is 3.20. The fourth-order valence-electron chi connectivity index (χ4n) is 5.94. The molecule has 0 radical (unpaired) electrons. The van der Waals surface area contributed by atoms with Crippen LogP contribution in [-0.4, -0.2) is 34.3 Å². The summed E-state index contributed by atoms with van der Waals surface area (Å²) in [5, 5.41) is 31.8. The van der Waals surface area contributed by atoms with Gasteiger partial charge in [-0.15, -0.1) is 0 Å². The van der Waals surface area contributed by atoms with E-state index in [9.17, 15) is 15.3 Å². The van der Waals surface area contributed by atoms with Gasteiger partial charge >= 0.3 is 0 Å². The van der Waals surface area contributed by atoms with Crippen molar-refractivity contribution in [1.82, 2.24) is 0 Å². The summed E-state index contributed by atoms with van der Waals surface area (Å²) in [6.45, 7) is 2.62. The van der Waals surface area contributed by atoms with Crippen LogP contribution in [0.1, 0.15) is 50.7 Å². The fraction of sp³-hybridized carbons (Fsp3) is 0.789. The number of hydrogen-bond donors (Lipinski definition) is 3. The Bertz CT molecular complexity index is 558. The van der Waals surface area contributed by atoms with Crippen LogP contribution >= 0.6 is 0 Å². The van der Waals surface area contributed by atoms with E-state index in [2.05, 4.69) is 6.92 Å². The summed E-state index contributed by atoms with van der Waals surface area (Å²) in [6, 6.07) is 1.81. The Morgan fingerprint density at radius 2 is 2.08 bits per heavy atom. The van der Waals surface area contributed by atoms with Crippen molar-refractivity contribution >= 4 is 0 Å². The topological polar surface area (TPSA) is 83.1 Å². The van der Waals surface area contributed by atoms with Gasteiger partial charge in [0.05, 0.1) is 31.3 Å². The number of hydrogen-bond acceptors (Lipinski definition) is 5. The van der Waals surface area contributed by atoms with Crippen LogP contribution in [0.4, 0.5) is 0 Å². The van der Waals surface area contributed by atoms with Gasteiger partial charge in [-0.2, -0.15) is 0 Å². The zero-order chi connectivity index (χ0) is 16.9. The molecule has 8 atom stereocenters. The molecule has 3 fully saturated rings. The molecule has 1 aromatic heterocycles. The quantitative estimate of drug-likeness (QED) is 0.790. The van der Waals surface area contributed by atoms with Crippen molar-refractivity contribution in [2.45, 2.75) is 57.5 Å². The van der Waals surface area contributed by atoms with Crippen molar-refractivity contribution in [2.75, 3.05) is 6.61 Å². The van der Waals surface area contributed by atoms with Gasteiger partial charge in [-0.25, -0.2) is 0 Å². The molecule has 2 heterocycles. The van der Waals surface area contributed by atoms with E-state index < -0.39 is 18.5 Å². The molecule has 5 nitrogen and oxygen atoms in total. The molecule has 3 aliphatic rings. The summed E-state index contributed by atoms with van der Waals surface area (Å²) in [5.41, 5.74) is 0.475. The lowest BCUT2D eigenvalue weighted by molar-refractivity contribution is -0.153. The Morgan fingerprint density at radius 1 is 1.29 bits per heavy atom.